The lowest BCUT2D eigenvalue weighted by atomic mass is 9.72. The molecule has 0 bridgehead atoms. The average molecular weight is 458 g/mol. The zero-order valence-corrected chi connectivity index (χ0v) is 19.4. The van der Waals surface area contributed by atoms with E-state index < -0.39 is 0 Å². The van der Waals surface area contributed by atoms with Crippen LogP contribution in [0.15, 0.2) is 23.6 Å². The van der Waals surface area contributed by atoms with Gasteiger partial charge in [0, 0.05) is 37.5 Å². The number of halogens is 1. The van der Waals surface area contributed by atoms with E-state index in [4.69, 9.17) is 5.11 Å². The number of aromatic nitrogens is 1. The van der Waals surface area contributed by atoms with E-state index in [0.717, 1.165) is 68.1 Å². The summed E-state index contributed by atoms with van der Waals surface area (Å²) in [5.74, 6) is 0.468. The van der Waals surface area contributed by atoms with Gasteiger partial charge in [0.05, 0.1) is 5.01 Å². The Balaban J connectivity index is 1.18. The fourth-order valence-corrected chi connectivity index (χ4v) is 6.35. The largest absolute Gasteiger partial charge is 0.396 e. The molecule has 3 heterocycles. The number of likely N-dealkylation sites (tertiary alicyclic amines) is 2. The minimum Gasteiger partial charge on any atom is -0.396 e. The third-order valence-corrected chi connectivity index (χ3v) is 8.36. The first-order valence-corrected chi connectivity index (χ1v) is 12.8. The van der Waals surface area contributed by atoms with Crippen LogP contribution in [-0.2, 0) is 13.0 Å². The van der Waals surface area contributed by atoms with Crippen molar-refractivity contribution in [3.8, 4) is 0 Å². The van der Waals surface area contributed by atoms with E-state index in [-0.39, 0.29) is 23.7 Å². The number of aliphatic hydroxyl groups is 1. The van der Waals surface area contributed by atoms with E-state index in [2.05, 4.69) is 9.88 Å². The lowest BCUT2D eigenvalue weighted by Gasteiger charge is -2.47. The second-order valence-electron chi connectivity index (χ2n) is 9.89. The van der Waals surface area contributed by atoms with Crippen molar-refractivity contribution in [1.29, 1.82) is 0 Å². The molecule has 2 saturated heterocycles. The predicted octanol–water partition coefficient (Wildman–Crippen LogP) is 4.21. The number of amides is 1. The molecule has 7 heteroatoms. The van der Waals surface area contributed by atoms with Gasteiger partial charge in [-0.15, -0.1) is 11.3 Å². The van der Waals surface area contributed by atoms with Crippen molar-refractivity contribution < 1.29 is 14.3 Å². The second kappa shape index (κ2) is 9.20. The number of carbonyl (C=O) groups excluding carboxylic acids is 1. The molecule has 3 fully saturated rings. The average Bonchev–Trinajstić information content (AvgIpc) is 3.52. The molecule has 1 aromatic heterocycles. The molecule has 0 radical (unpaired) electrons. The van der Waals surface area contributed by atoms with Crippen LogP contribution in [0.2, 0.25) is 0 Å². The molecule has 1 amide bonds. The smallest absolute Gasteiger partial charge is 0.273 e. The Morgan fingerprint density at radius 3 is 2.69 bits per heavy atom. The molecule has 1 spiro atoms. The monoisotopic (exact) mass is 457 g/mol. The molecule has 32 heavy (non-hydrogen) atoms. The van der Waals surface area contributed by atoms with Gasteiger partial charge in [0.25, 0.3) is 5.91 Å². The quantitative estimate of drug-likeness (QED) is 0.706. The molecule has 0 atom stereocenters. The summed E-state index contributed by atoms with van der Waals surface area (Å²) in [4.78, 5) is 22.2. The number of piperidine rings is 2. The summed E-state index contributed by atoms with van der Waals surface area (Å²) < 4.78 is 14.0. The fourth-order valence-electron chi connectivity index (χ4n) is 5.38. The highest BCUT2D eigenvalue weighted by Gasteiger charge is 2.40. The SMILES string of the molecule is O=C(c1csc(C2CC2)n1)N1CCCC2(CCN(Cc3cc(F)cc(CCO)c3)CC2)C1. The number of nitrogens with zero attached hydrogens (tertiary/aromatic N) is 3. The van der Waals surface area contributed by atoms with E-state index in [0.29, 0.717) is 18.0 Å². The molecule has 5 nitrogen and oxygen atoms in total. The van der Waals surface area contributed by atoms with Crippen LogP contribution in [0.25, 0.3) is 0 Å². The Kier molecular flexibility index (Phi) is 6.32. The van der Waals surface area contributed by atoms with Crippen molar-refractivity contribution in [3.05, 3.63) is 51.2 Å². The molecule has 172 valence electrons. The summed E-state index contributed by atoms with van der Waals surface area (Å²) in [5, 5.41) is 12.2. The summed E-state index contributed by atoms with van der Waals surface area (Å²) in [5.41, 5.74) is 2.66. The zero-order chi connectivity index (χ0) is 22.1. The van der Waals surface area contributed by atoms with Crippen LogP contribution in [0.3, 0.4) is 0 Å². The molecule has 1 aromatic carbocycles. The maximum Gasteiger partial charge on any atom is 0.273 e. The summed E-state index contributed by atoms with van der Waals surface area (Å²) >= 11 is 1.64. The molecule has 2 aromatic rings. The Morgan fingerprint density at radius 2 is 1.94 bits per heavy atom. The van der Waals surface area contributed by atoms with Crippen molar-refractivity contribution in [1.82, 2.24) is 14.8 Å². The molecule has 5 rings (SSSR count). The van der Waals surface area contributed by atoms with E-state index in [1.54, 1.807) is 17.4 Å². The lowest BCUT2D eigenvalue weighted by Crippen LogP contribution is -2.51. The highest BCUT2D eigenvalue weighted by molar-refractivity contribution is 7.10. The molecule has 1 saturated carbocycles. The Morgan fingerprint density at radius 1 is 1.16 bits per heavy atom. The van der Waals surface area contributed by atoms with Crippen molar-refractivity contribution in [3.63, 3.8) is 0 Å². The second-order valence-corrected chi connectivity index (χ2v) is 10.8. The minimum atomic E-state index is -0.229. The molecule has 1 aliphatic carbocycles. The lowest BCUT2D eigenvalue weighted by molar-refractivity contribution is 0.0195. The van der Waals surface area contributed by atoms with Crippen molar-refractivity contribution in [2.75, 3.05) is 32.8 Å². The summed E-state index contributed by atoms with van der Waals surface area (Å²) in [6.45, 7) is 4.37. The van der Waals surface area contributed by atoms with Gasteiger partial charge in [-0.25, -0.2) is 9.37 Å². The van der Waals surface area contributed by atoms with Crippen LogP contribution < -0.4 is 0 Å². The number of thiazole rings is 1. The zero-order valence-electron chi connectivity index (χ0n) is 18.6. The first-order chi connectivity index (χ1) is 15.5. The first kappa shape index (κ1) is 22.0. The normalized spacial score (nSPS) is 21.2. The minimum absolute atomic E-state index is 0.0349. The fraction of sp³-hybridized carbons (Fsp3) is 0.600. The highest BCUT2D eigenvalue weighted by Crippen LogP contribution is 2.42. The standard InChI is InChI=1S/C25H32FN3O2S/c26-21-13-18(4-11-30)12-19(14-21)15-28-9-6-25(7-10-28)5-1-8-29(17-25)24(31)22-16-32-23(27-22)20-2-3-20/h12-14,16,20,30H,1-11,15,17H2. The van der Waals surface area contributed by atoms with Gasteiger partial charge in [-0.05, 0) is 86.7 Å². The third kappa shape index (κ3) is 4.90. The topological polar surface area (TPSA) is 56.7 Å². The third-order valence-electron chi connectivity index (χ3n) is 7.36. The predicted molar refractivity (Wildman–Crippen MR) is 123 cm³/mol. The molecule has 3 aliphatic rings. The molecule has 0 unspecified atom stereocenters. The number of rotatable bonds is 6. The van der Waals surface area contributed by atoms with Crippen LogP contribution in [0.5, 0.6) is 0 Å². The molecular formula is C25H32FN3O2S. The van der Waals surface area contributed by atoms with E-state index in [1.165, 1.54) is 25.3 Å². The van der Waals surface area contributed by atoms with Crippen LogP contribution in [0.4, 0.5) is 4.39 Å². The van der Waals surface area contributed by atoms with E-state index >= 15 is 0 Å². The van der Waals surface area contributed by atoms with Gasteiger partial charge in [-0.2, -0.15) is 0 Å². The van der Waals surface area contributed by atoms with E-state index in [1.807, 2.05) is 16.3 Å². The van der Waals surface area contributed by atoms with Gasteiger partial charge >= 0.3 is 0 Å². The summed E-state index contributed by atoms with van der Waals surface area (Å²) in [6.07, 6.45) is 7.28. The van der Waals surface area contributed by atoms with Crippen molar-refractivity contribution in [2.45, 2.75) is 57.4 Å². The Bertz CT molecular complexity index is 966. The molecule has 2 aliphatic heterocycles. The number of benzene rings is 1. The van der Waals surface area contributed by atoms with Gasteiger partial charge in [0.2, 0.25) is 0 Å². The van der Waals surface area contributed by atoms with Crippen LogP contribution in [-0.4, -0.2) is 58.6 Å². The maximum absolute atomic E-state index is 14.0. The van der Waals surface area contributed by atoms with Crippen molar-refractivity contribution in [2.24, 2.45) is 5.41 Å². The van der Waals surface area contributed by atoms with Gasteiger partial charge in [0.15, 0.2) is 0 Å². The first-order valence-electron chi connectivity index (χ1n) is 11.9. The van der Waals surface area contributed by atoms with Gasteiger partial charge in [0.1, 0.15) is 11.5 Å². The maximum atomic E-state index is 14.0. The Hall–Kier alpha value is -1.83. The number of aliphatic hydroxyl groups excluding tert-OH is 1. The summed E-state index contributed by atoms with van der Waals surface area (Å²) in [7, 11) is 0. The molecular weight excluding hydrogens is 425 g/mol. The van der Waals surface area contributed by atoms with E-state index in [9.17, 15) is 9.18 Å². The number of carbonyl (C=O) groups is 1. The van der Waals surface area contributed by atoms with Crippen LogP contribution in [0, 0.1) is 11.2 Å². The van der Waals surface area contributed by atoms with Gasteiger partial charge in [-0.3, -0.25) is 9.69 Å². The Labute approximate surface area is 193 Å². The van der Waals surface area contributed by atoms with Gasteiger partial charge < -0.3 is 10.0 Å². The number of hydrogen-bond donors (Lipinski definition) is 1. The highest BCUT2D eigenvalue weighted by atomic mass is 32.1. The van der Waals surface area contributed by atoms with Crippen LogP contribution in [0.1, 0.15) is 71.1 Å². The summed E-state index contributed by atoms with van der Waals surface area (Å²) in [6, 6.07) is 5.12. The van der Waals surface area contributed by atoms with Crippen molar-refractivity contribution >= 4 is 17.2 Å². The van der Waals surface area contributed by atoms with Crippen LogP contribution >= 0.6 is 11.3 Å². The number of hydrogen-bond acceptors (Lipinski definition) is 5. The van der Waals surface area contributed by atoms with Gasteiger partial charge in [-0.1, -0.05) is 6.07 Å². The molecule has 1 N–H and O–H groups in total.